The van der Waals surface area contributed by atoms with Crippen molar-refractivity contribution in [3.8, 4) is 0 Å². The maximum absolute atomic E-state index is 12.6. The Balaban J connectivity index is 2.90. The van der Waals surface area contributed by atoms with Crippen LogP contribution in [0, 0.1) is 5.41 Å². The molecule has 0 radical (unpaired) electrons. The Hall–Kier alpha value is -1.30. The molecule has 1 saturated heterocycles. The van der Waals surface area contributed by atoms with Crippen molar-refractivity contribution in [1.29, 1.82) is 0 Å². The van der Waals surface area contributed by atoms with Crippen molar-refractivity contribution in [3.63, 3.8) is 0 Å². The summed E-state index contributed by atoms with van der Waals surface area (Å²) < 4.78 is 5.41. The number of aliphatic hydroxyl groups excluding tert-OH is 1. The topological polar surface area (TPSA) is 78.9 Å². The van der Waals surface area contributed by atoms with Crippen LogP contribution < -0.4 is 5.32 Å². The number of amides is 2. The summed E-state index contributed by atoms with van der Waals surface area (Å²) in [5.74, 6) is -0.228. The molecule has 6 heteroatoms. The van der Waals surface area contributed by atoms with Crippen molar-refractivity contribution in [2.75, 3.05) is 13.2 Å². The van der Waals surface area contributed by atoms with Crippen molar-refractivity contribution in [2.45, 2.75) is 72.1 Å². The number of ether oxygens (including phenoxy) is 1. The van der Waals surface area contributed by atoms with E-state index in [1.807, 2.05) is 20.8 Å². The van der Waals surface area contributed by atoms with Gasteiger partial charge in [-0.2, -0.15) is 0 Å². The van der Waals surface area contributed by atoms with E-state index in [9.17, 15) is 14.7 Å². The summed E-state index contributed by atoms with van der Waals surface area (Å²) in [5, 5.41) is 12.1. The van der Waals surface area contributed by atoms with Gasteiger partial charge >= 0.3 is 6.09 Å². The van der Waals surface area contributed by atoms with Gasteiger partial charge in [0.2, 0.25) is 5.91 Å². The normalized spacial score (nSPS) is 22.3. The predicted octanol–water partition coefficient (Wildman–Crippen LogP) is 1.91. The lowest BCUT2D eigenvalue weighted by Crippen LogP contribution is -2.54. The Morgan fingerprint density at radius 2 is 2.00 bits per heavy atom. The molecule has 0 aromatic carbocycles. The van der Waals surface area contributed by atoms with Gasteiger partial charge in [-0.3, -0.25) is 9.69 Å². The van der Waals surface area contributed by atoms with E-state index < -0.39 is 17.7 Å². The molecular formula is C16H30N2O4. The summed E-state index contributed by atoms with van der Waals surface area (Å²) in [6.07, 6.45) is 0.914. The summed E-state index contributed by atoms with van der Waals surface area (Å²) >= 11 is 0. The Bertz CT molecular complexity index is 411. The van der Waals surface area contributed by atoms with Crippen LogP contribution in [-0.2, 0) is 9.53 Å². The second-order valence-electron chi connectivity index (χ2n) is 7.61. The van der Waals surface area contributed by atoms with Crippen LogP contribution in [0.2, 0.25) is 0 Å². The number of aliphatic hydroxyl groups is 1. The molecule has 1 aliphatic heterocycles. The molecule has 2 atom stereocenters. The summed E-state index contributed by atoms with van der Waals surface area (Å²) in [6, 6.07) is -0.868. The monoisotopic (exact) mass is 314 g/mol. The van der Waals surface area contributed by atoms with Crippen molar-refractivity contribution < 1.29 is 19.4 Å². The predicted molar refractivity (Wildman–Crippen MR) is 84.4 cm³/mol. The van der Waals surface area contributed by atoms with Crippen LogP contribution >= 0.6 is 0 Å². The molecule has 128 valence electrons. The van der Waals surface area contributed by atoms with Gasteiger partial charge in [0.15, 0.2) is 0 Å². The van der Waals surface area contributed by atoms with Crippen LogP contribution in [0.1, 0.15) is 54.4 Å². The third-order valence-electron chi connectivity index (χ3n) is 3.98. The smallest absolute Gasteiger partial charge is 0.410 e. The maximum Gasteiger partial charge on any atom is 0.410 e. The number of nitrogens with one attached hydrogen (secondary N) is 1. The first-order valence-corrected chi connectivity index (χ1v) is 7.92. The molecule has 0 saturated carbocycles. The first kappa shape index (κ1) is 18.7. The minimum absolute atomic E-state index is 0.109. The van der Waals surface area contributed by atoms with Crippen LogP contribution in [0.3, 0.4) is 0 Å². The van der Waals surface area contributed by atoms with Gasteiger partial charge in [0.25, 0.3) is 0 Å². The Kier molecular flexibility index (Phi) is 5.84. The molecule has 0 aromatic rings. The lowest BCUT2D eigenvalue weighted by Gasteiger charge is -2.33. The quantitative estimate of drug-likeness (QED) is 0.831. The van der Waals surface area contributed by atoms with Crippen molar-refractivity contribution >= 4 is 12.0 Å². The van der Waals surface area contributed by atoms with E-state index in [1.165, 1.54) is 4.90 Å². The summed E-state index contributed by atoms with van der Waals surface area (Å²) in [4.78, 5) is 26.5. The largest absolute Gasteiger partial charge is 0.444 e. The Morgan fingerprint density at radius 3 is 2.45 bits per heavy atom. The van der Waals surface area contributed by atoms with Crippen molar-refractivity contribution in [1.82, 2.24) is 10.2 Å². The van der Waals surface area contributed by atoms with Crippen LogP contribution in [0.5, 0.6) is 0 Å². The molecule has 1 unspecified atom stereocenters. The fourth-order valence-corrected chi connectivity index (χ4v) is 2.67. The van der Waals surface area contributed by atoms with E-state index in [2.05, 4.69) is 5.32 Å². The minimum Gasteiger partial charge on any atom is -0.444 e. The van der Waals surface area contributed by atoms with E-state index in [4.69, 9.17) is 4.74 Å². The number of nitrogens with zero attached hydrogens (tertiary/aromatic N) is 1. The first-order valence-electron chi connectivity index (χ1n) is 7.92. The molecule has 1 heterocycles. The highest BCUT2D eigenvalue weighted by Gasteiger charge is 2.48. The van der Waals surface area contributed by atoms with Gasteiger partial charge in [0.05, 0.1) is 12.6 Å². The zero-order valence-electron chi connectivity index (χ0n) is 14.6. The van der Waals surface area contributed by atoms with E-state index in [0.717, 1.165) is 6.42 Å². The van der Waals surface area contributed by atoms with Crippen LogP contribution in [0.25, 0.3) is 0 Å². The highest BCUT2D eigenvalue weighted by atomic mass is 16.6. The van der Waals surface area contributed by atoms with Gasteiger partial charge in [0, 0.05) is 6.54 Å². The zero-order valence-corrected chi connectivity index (χ0v) is 14.6. The average Bonchev–Trinajstić information content (AvgIpc) is 2.69. The summed E-state index contributed by atoms with van der Waals surface area (Å²) in [7, 11) is 0. The SMILES string of the molecule is CC[C@@H](CO)NC(=O)C1N(C(=O)OC(C)(C)C)CCC1(C)C. The number of carbonyl (C=O) groups excluding carboxylic acids is 2. The molecule has 0 aliphatic carbocycles. The minimum atomic E-state index is -0.595. The molecule has 2 amide bonds. The number of hydrogen-bond acceptors (Lipinski definition) is 4. The van der Waals surface area contributed by atoms with Gasteiger partial charge in [-0.25, -0.2) is 4.79 Å². The van der Waals surface area contributed by atoms with Crippen LogP contribution in [0.15, 0.2) is 0 Å². The fraction of sp³-hybridized carbons (Fsp3) is 0.875. The van der Waals surface area contributed by atoms with Crippen LogP contribution in [-0.4, -0.2) is 52.8 Å². The Labute approximate surface area is 133 Å². The number of rotatable bonds is 4. The van der Waals surface area contributed by atoms with Crippen LogP contribution in [0.4, 0.5) is 4.79 Å². The van der Waals surface area contributed by atoms with E-state index in [1.54, 1.807) is 20.8 Å². The molecular weight excluding hydrogens is 284 g/mol. The first-order chi connectivity index (χ1) is 10.0. The third-order valence-corrected chi connectivity index (χ3v) is 3.98. The lowest BCUT2D eigenvalue weighted by atomic mass is 9.84. The van der Waals surface area contributed by atoms with Gasteiger partial charge in [-0.1, -0.05) is 20.8 Å². The average molecular weight is 314 g/mol. The van der Waals surface area contributed by atoms with Gasteiger partial charge in [-0.05, 0) is 39.0 Å². The Morgan fingerprint density at radius 1 is 1.41 bits per heavy atom. The molecule has 1 rings (SSSR count). The van der Waals surface area contributed by atoms with Gasteiger partial charge in [0.1, 0.15) is 11.6 Å². The van der Waals surface area contributed by atoms with E-state index >= 15 is 0 Å². The fourth-order valence-electron chi connectivity index (χ4n) is 2.67. The molecule has 1 aliphatic rings. The molecule has 6 nitrogen and oxygen atoms in total. The molecule has 0 aromatic heterocycles. The number of likely N-dealkylation sites (tertiary alicyclic amines) is 1. The van der Waals surface area contributed by atoms with Crippen molar-refractivity contribution in [3.05, 3.63) is 0 Å². The standard InChI is InChI=1S/C16H30N2O4/c1-7-11(10-19)17-13(20)12-16(5,6)8-9-18(12)14(21)22-15(2,3)4/h11-12,19H,7-10H2,1-6H3,(H,17,20)/t11-,12?/m0/s1. The second-order valence-corrected chi connectivity index (χ2v) is 7.61. The highest BCUT2D eigenvalue weighted by molar-refractivity contribution is 5.87. The van der Waals surface area contributed by atoms with Gasteiger partial charge in [-0.15, -0.1) is 0 Å². The van der Waals surface area contributed by atoms with E-state index in [-0.39, 0.29) is 24.0 Å². The maximum atomic E-state index is 12.6. The third kappa shape index (κ3) is 4.60. The number of hydrogen-bond donors (Lipinski definition) is 2. The molecule has 0 spiro atoms. The molecule has 1 fully saturated rings. The zero-order chi connectivity index (χ0) is 17.1. The van der Waals surface area contributed by atoms with Gasteiger partial charge < -0.3 is 15.2 Å². The molecule has 2 N–H and O–H groups in total. The second kappa shape index (κ2) is 6.86. The summed E-state index contributed by atoms with van der Waals surface area (Å²) in [6.45, 7) is 11.6. The highest BCUT2D eigenvalue weighted by Crippen LogP contribution is 2.37. The number of carbonyl (C=O) groups is 2. The van der Waals surface area contributed by atoms with Crippen molar-refractivity contribution in [2.24, 2.45) is 5.41 Å². The van der Waals surface area contributed by atoms with E-state index in [0.29, 0.717) is 13.0 Å². The molecule has 0 bridgehead atoms. The summed E-state index contributed by atoms with van der Waals surface area (Å²) in [5.41, 5.74) is -0.920. The lowest BCUT2D eigenvalue weighted by molar-refractivity contribution is -0.129. The molecule has 22 heavy (non-hydrogen) atoms.